The van der Waals surface area contributed by atoms with Gasteiger partial charge in [0.1, 0.15) is 0 Å². The largest absolute Gasteiger partial charge is 0.198 e. The van der Waals surface area contributed by atoms with Crippen LogP contribution in [0, 0.1) is 28.6 Å². The number of hydrogen-bond acceptors (Lipinski definition) is 1. The summed E-state index contributed by atoms with van der Waals surface area (Å²) in [6.07, 6.45) is 8.10. The molecule has 0 N–H and O–H groups in total. The molecule has 0 saturated heterocycles. The van der Waals surface area contributed by atoms with E-state index in [2.05, 4.69) is 32.9 Å². The van der Waals surface area contributed by atoms with Crippen molar-refractivity contribution < 1.29 is 0 Å². The zero-order valence-electron chi connectivity index (χ0n) is 7.91. The molecule has 0 heterocycles. The Morgan fingerprint density at radius 3 is 2.17 bits per heavy atom. The average molecular weight is 161 g/mol. The molecule has 0 bridgehead atoms. The quantitative estimate of drug-likeness (QED) is 0.536. The number of rotatable bonds is 0. The fourth-order valence-corrected chi connectivity index (χ4v) is 1.56. The number of hydrogen-bond donors (Lipinski definition) is 0. The third kappa shape index (κ3) is 1.76. The Labute approximate surface area is 74.4 Å². The van der Waals surface area contributed by atoms with E-state index in [0.29, 0.717) is 5.92 Å². The second-order valence-electron chi connectivity index (χ2n) is 4.32. The Balaban J connectivity index is 2.85. The number of nitriles is 1. The predicted molar refractivity (Wildman–Crippen MR) is 50.3 cm³/mol. The van der Waals surface area contributed by atoms with Crippen molar-refractivity contribution in [2.45, 2.75) is 20.8 Å². The van der Waals surface area contributed by atoms with E-state index < -0.39 is 0 Å². The molecule has 1 heteroatoms. The highest BCUT2D eigenvalue weighted by Crippen LogP contribution is 2.35. The molecule has 64 valence electrons. The number of nitrogens with zero attached hydrogens (tertiary/aromatic N) is 1. The SMILES string of the molecule is CC(C)(C)C1C=CC=CC1C#N. The third-order valence-electron chi connectivity index (χ3n) is 2.28. The topological polar surface area (TPSA) is 23.8 Å². The van der Waals surface area contributed by atoms with Crippen molar-refractivity contribution in [2.24, 2.45) is 17.3 Å². The molecule has 1 aliphatic rings. The summed E-state index contributed by atoms with van der Waals surface area (Å²) in [5, 5.41) is 8.89. The maximum absolute atomic E-state index is 8.89. The lowest BCUT2D eigenvalue weighted by atomic mass is 9.72. The molecule has 0 saturated carbocycles. The average Bonchev–Trinajstić information content (AvgIpc) is 2.03. The van der Waals surface area contributed by atoms with E-state index in [4.69, 9.17) is 5.26 Å². The summed E-state index contributed by atoms with van der Waals surface area (Å²) < 4.78 is 0. The molecular formula is C11H15N. The van der Waals surface area contributed by atoms with Crippen LogP contribution in [-0.4, -0.2) is 0 Å². The third-order valence-corrected chi connectivity index (χ3v) is 2.28. The minimum absolute atomic E-state index is 0.0509. The summed E-state index contributed by atoms with van der Waals surface area (Å²) in [5.74, 6) is 0.405. The summed E-state index contributed by atoms with van der Waals surface area (Å²) in [4.78, 5) is 0. The Morgan fingerprint density at radius 2 is 1.75 bits per heavy atom. The molecule has 0 amide bonds. The lowest BCUT2D eigenvalue weighted by Crippen LogP contribution is -2.25. The van der Waals surface area contributed by atoms with E-state index in [-0.39, 0.29) is 11.3 Å². The fraction of sp³-hybridized carbons (Fsp3) is 0.545. The molecule has 2 unspecified atom stereocenters. The molecule has 0 radical (unpaired) electrons. The lowest BCUT2D eigenvalue weighted by molar-refractivity contribution is 0.262. The van der Waals surface area contributed by atoms with Crippen molar-refractivity contribution in [3.63, 3.8) is 0 Å². The van der Waals surface area contributed by atoms with Gasteiger partial charge in [-0.25, -0.2) is 0 Å². The van der Waals surface area contributed by atoms with Gasteiger partial charge >= 0.3 is 0 Å². The first-order valence-corrected chi connectivity index (χ1v) is 4.30. The van der Waals surface area contributed by atoms with Crippen LogP contribution in [-0.2, 0) is 0 Å². The standard InChI is InChI=1S/C11H15N/c1-11(2,3)10-7-5-4-6-9(10)8-12/h4-7,9-10H,1-3H3. The van der Waals surface area contributed by atoms with Crippen LogP contribution >= 0.6 is 0 Å². The minimum Gasteiger partial charge on any atom is -0.198 e. The highest BCUT2D eigenvalue weighted by atomic mass is 14.4. The van der Waals surface area contributed by atoms with Crippen LogP contribution < -0.4 is 0 Å². The van der Waals surface area contributed by atoms with Gasteiger partial charge in [-0.3, -0.25) is 0 Å². The smallest absolute Gasteiger partial charge is 0.0714 e. The molecular weight excluding hydrogens is 146 g/mol. The van der Waals surface area contributed by atoms with E-state index in [9.17, 15) is 0 Å². The molecule has 0 fully saturated rings. The van der Waals surface area contributed by atoms with Crippen LogP contribution in [0.5, 0.6) is 0 Å². The summed E-state index contributed by atoms with van der Waals surface area (Å²) in [7, 11) is 0. The highest BCUT2D eigenvalue weighted by molar-refractivity contribution is 5.20. The van der Waals surface area contributed by atoms with E-state index in [1.807, 2.05) is 18.2 Å². The molecule has 0 spiro atoms. The van der Waals surface area contributed by atoms with Crippen molar-refractivity contribution in [1.29, 1.82) is 5.26 Å². The van der Waals surface area contributed by atoms with Gasteiger partial charge in [-0.2, -0.15) is 5.26 Å². The summed E-state index contributed by atoms with van der Waals surface area (Å²) in [6.45, 7) is 6.52. The summed E-state index contributed by atoms with van der Waals surface area (Å²) in [6, 6.07) is 2.32. The van der Waals surface area contributed by atoms with E-state index in [1.165, 1.54) is 0 Å². The van der Waals surface area contributed by atoms with Crippen LogP contribution in [0.3, 0.4) is 0 Å². The van der Waals surface area contributed by atoms with Crippen molar-refractivity contribution in [3.8, 4) is 6.07 Å². The van der Waals surface area contributed by atoms with Gasteiger partial charge in [-0.15, -0.1) is 0 Å². The maximum atomic E-state index is 8.89. The fourth-order valence-electron chi connectivity index (χ4n) is 1.56. The molecule has 0 aliphatic heterocycles. The second kappa shape index (κ2) is 3.15. The van der Waals surface area contributed by atoms with Crippen molar-refractivity contribution in [3.05, 3.63) is 24.3 Å². The molecule has 1 rings (SSSR count). The zero-order chi connectivity index (χ0) is 9.19. The predicted octanol–water partition coefficient (Wildman–Crippen LogP) is 2.91. The zero-order valence-corrected chi connectivity index (χ0v) is 7.91. The van der Waals surface area contributed by atoms with Crippen LogP contribution in [0.25, 0.3) is 0 Å². The Hall–Kier alpha value is -1.03. The van der Waals surface area contributed by atoms with E-state index in [1.54, 1.807) is 0 Å². The Morgan fingerprint density at radius 1 is 1.17 bits per heavy atom. The monoisotopic (exact) mass is 161 g/mol. The van der Waals surface area contributed by atoms with Crippen LogP contribution in [0.15, 0.2) is 24.3 Å². The van der Waals surface area contributed by atoms with Gasteiger partial charge in [0.25, 0.3) is 0 Å². The molecule has 0 aromatic heterocycles. The lowest BCUT2D eigenvalue weighted by Gasteiger charge is -2.31. The van der Waals surface area contributed by atoms with Crippen molar-refractivity contribution >= 4 is 0 Å². The molecule has 1 nitrogen and oxygen atoms in total. The van der Waals surface area contributed by atoms with E-state index in [0.717, 1.165) is 0 Å². The van der Waals surface area contributed by atoms with E-state index >= 15 is 0 Å². The first-order valence-electron chi connectivity index (χ1n) is 4.30. The first kappa shape index (κ1) is 9.06. The molecule has 0 aromatic carbocycles. The molecule has 0 aromatic rings. The molecule has 1 aliphatic carbocycles. The van der Waals surface area contributed by atoms with Crippen LogP contribution in [0.2, 0.25) is 0 Å². The van der Waals surface area contributed by atoms with Crippen LogP contribution in [0.1, 0.15) is 20.8 Å². The van der Waals surface area contributed by atoms with Crippen molar-refractivity contribution in [1.82, 2.24) is 0 Å². The second-order valence-corrected chi connectivity index (χ2v) is 4.32. The molecule has 2 atom stereocenters. The summed E-state index contributed by atoms with van der Waals surface area (Å²) in [5.41, 5.74) is 0.182. The van der Waals surface area contributed by atoms with Gasteiger partial charge < -0.3 is 0 Å². The summed E-state index contributed by atoms with van der Waals surface area (Å²) >= 11 is 0. The Bertz CT molecular complexity index is 247. The minimum atomic E-state index is 0.0509. The highest BCUT2D eigenvalue weighted by Gasteiger charge is 2.29. The van der Waals surface area contributed by atoms with Gasteiger partial charge in [-0.05, 0) is 5.41 Å². The maximum Gasteiger partial charge on any atom is 0.0714 e. The van der Waals surface area contributed by atoms with Gasteiger partial charge in [-0.1, -0.05) is 45.1 Å². The number of allylic oxidation sites excluding steroid dienone is 4. The normalized spacial score (nSPS) is 28.5. The van der Waals surface area contributed by atoms with Gasteiger partial charge in [0, 0.05) is 5.92 Å². The first-order chi connectivity index (χ1) is 5.55. The van der Waals surface area contributed by atoms with Gasteiger partial charge in [0.15, 0.2) is 0 Å². The van der Waals surface area contributed by atoms with Gasteiger partial charge in [0.2, 0.25) is 0 Å². The van der Waals surface area contributed by atoms with Crippen molar-refractivity contribution in [2.75, 3.05) is 0 Å². The molecule has 12 heavy (non-hydrogen) atoms. The van der Waals surface area contributed by atoms with Gasteiger partial charge in [0.05, 0.1) is 12.0 Å². The Kier molecular flexibility index (Phi) is 2.38. The van der Waals surface area contributed by atoms with Crippen LogP contribution in [0.4, 0.5) is 0 Å².